The highest BCUT2D eigenvalue weighted by molar-refractivity contribution is 5.82. The molecule has 98 valence electrons. The molecule has 2 saturated carbocycles. The highest BCUT2D eigenvalue weighted by Gasteiger charge is 2.39. The van der Waals surface area contributed by atoms with E-state index >= 15 is 0 Å². The Balaban J connectivity index is 2.03. The van der Waals surface area contributed by atoms with Crippen LogP contribution in [0.25, 0.3) is 0 Å². The molecule has 0 aromatic rings. The molecule has 2 aliphatic carbocycles. The van der Waals surface area contributed by atoms with E-state index in [9.17, 15) is 9.90 Å². The maximum Gasteiger partial charge on any atom is 0.138 e. The van der Waals surface area contributed by atoms with Crippen LogP contribution in [0.1, 0.15) is 64.7 Å². The summed E-state index contributed by atoms with van der Waals surface area (Å²) >= 11 is 0. The van der Waals surface area contributed by atoms with Gasteiger partial charge in [-0.25, -0.2) is 0 Å². The summed E-state index contributed by atoms with van der Waals surface area (Å²) in [5.74, 6) is 1.12. The van der Waals surface area contributed by atoms with Gasteiger partial charge in [0.25, 0.3) is 0 Å². The van der Waals surface area contributed by atoms with Crippen molar-refractivity contribution in [2.24, 2.45) is 17.8 Å². The van der Waals surface area contributed by atoms with Crippen molar-refractivity contribution in [2.75, 3.05) is 0 Å². The Morgan fingerprint density at radius 1 is 1.18 bits per heavy atom. The van der Waals surface area contributed by atoms with Crippen molar-refractivity contribution < 1.29 is 9.90 Å². The molecule has 0 aromatic carbocycles. The fourth-order valence-corrected chi connectivity index (χ4v) is 3.84. The molecule has 2 aliphatic rings. The normalized spacial score (nSPS) is 33.6. The van der Waals surface area contributed by atoms with Crippen LogP contribution in [0.15, 0.2) is 0 Å². The van der Waals surface area contributed by atoms with Gasteiger partial charge in [-0.15, -0.1) is 0 Å². The Morgan fingerprint density at radius 3 is 2.53 bits per heavy atom. The van der Waals surface area contributed by atoms with Gasteiger partial charge >= 0.3 is 0 Å². The van der Waals surface area contributed by atoms with Crippen LogP contribution >= 0.6 is 0 Å². The van der Waals surface area contributed by atoms with Gasteiger partial charge in [0.1, 0.15) is 5.78 Å². The Bertz CT molecular complexity index is 256. The minimum absolute atomic E-state index is 0.0446. The third-order valence-corrected chi connectivity index (χ3v) is 4.90. The van der Waals surface area contributed by atoms with Gasteiger partial charge in [-0.1, -0.05) is 32.6 Å². The summed E-state index contributed by atoms with van der Waals surface area (Å²) in [5.41, 5.74) is 0. The van der Waals surface area contributed by atoms with E-state index in [1.165, 1.54) is 19.3 Å². The Morgan fingerprint density at radius 2 is 1.88 bits per heavy atom. The smallest absolute Gasteiger partial charge is 0.138 e. The number of aliphatic hydroxyl groups excluding tert-OH is 1. The maximum absolute atomic E-state index is 12.1. The fraction of sp³-hybridized carbons (Fsp3) is 0.933. The molecule has 2 rings (SSSR count). The molecule has 3 atom stereocenters. The number of hydrogen-bond donors (Lipinski definition) is 1. The minimum Gasteiger partial charge on any atom is -0.392 e. The van der Waals surface area contributed by atoms with Gasteiger partial charge in [-0.3, -0.25) is 4.79 Å². The second kappa shape index (κ2) is 5.99. The van der Waals surface area contributed by atoms with Gasteiger partial charge in [0.15, 0.2) is 0 Å². The molecular weight excluding hydrogens is 212 g/mol. The van der Waals surface area contributed by atoms with Crippen LogP contribution in [0.4, 0.5) is 0 Å². The molecule has 0 spiro atoms. The molecular formula is C15H26O2. The first-order valence-electron chi connectivity index (χ1n) is 7.44. The fourth-order valence-electron chi connectivity index (χ4n) is 3.84. The topological polar surface area (TPSA) is 37.3 Å². The number of Topliss-reactive ketones (excluding diaryl/α,β-unsaturated/α-hetero) is 1. The molecule has 0 heterocycles. The average Bonchev–Trinajstić information content (AvgIpc) is 2.38. The van der Waals surface area contributed by atoms with E-state index in [0.29, 0.717) is 24.0 Å². The number of carbonyl (C=O) groups is 1. The number of carbonyl (C=O) groups excluding carboxylic acids is 1. The van der Waals surface area contributed by atoms with Crippen molar-refractivity contribution in [1.82, 2.24) is 0 Å². The second-order valence-corrected chi connectivity index (χ2v) is 5.94. The van der Waals surface area contributed by atoms with Crippen molar-refractivity contribution in [3.63, 3.8) is 0 Å². The summed E-state index contributed by atoms with van der Waals surface area (Å²) < 4.78 is 0. The minimum atomic E-state index is -0.354. The van der Waals surface area contributed by atoms with Gasteiger partial charge in [0, 0.05) is 12.3 Å². The summed E-state index contributed by atoms with van der Waals surface area (Å²) in [7, 11) is 0. The van der Waals surface area contributed by atoms with E-state index < -0.39 is 0 Å². The molecule has 0 amide bonds. The lowest BCUT2D eigenvalue weighted by molar-refractivity contribution is -0.134. The predicted molar refractivity (Wildman–Crippen MR) is 68.7 cm³/mol. The highest BCUT2D eigenvalue weighted by atomic mass is 16.3. The molecule has 2 heteroatoms. The first kappa shape index (κ1) is 13.1. The molecule has 0 unspecified atom stereocenters. The summed E-state index contributed by atoms with van der Waals surface area (Å²) in [5, 5.41) is 10.5. The van der Waals surface area contributed by atoms with Crippen LogP contribution in [0.5, 0.6) is 0 Å². The first-order valence-corrected chi connectivity index (χ1v) is 7.44. The molecule has 0 saturated heterocycles. The summed E-state index contributed by atoms with van der Waals surface area (Å²) in [4.78, 5) is 12.1. The van der Waals surface area contributed by atoms with E-state index in [1.54, 1.807) is 0 Å². The second-order valence-electron chi connectivity index (χ2n) is 5.94. The molecule has 0 aromatic heterocycles. The first-order chi connectivity index (χ1) is 8.24. The maximum atomic E-state index is 12.1. The Labute approximate surface area is 105 Å². The number of aliphatic hydroxyl groups is 1. The molecule has 0 aliphatic heterocycles. The quantitative estimate of drug-likeness (QED) is 0.819. The molecule has 0 bridgehead atoms. The van der Waals surface area contributed by atoms with Crippen molar-refractivity contribution in [1.29, 1.82) is 0 Å². The van der Waals surface area contributed by atoms with Gasteiger partial charge in [-0.2, -0.15) is 0 Å². The molecule has 2 nitrogen and oxygen atoms in total. The lowest BCUT2D eigenvalue weighted by atomic mass is 9.69. The van der Waals surface area contributed by atoms with Crippen molar-refractivity contribution in [3.8, 4) is 0 Å². The zero-order valence-electron chi connectivity index (χ0n) is 11.0. The van der Waals surface area contributed by atoms with Crippen LogP contribution in [-0.4, -0.2) is 17.0 Å². The summed E-state index contributed by atoms with van der Waals surface area (Å²) in [6.07, 6.45) is 9.58. The Kier molecular flexibility index (Phi) is 4.61. The van der Waals surface area contributed by atoms with Gasteiger partial charge in [0.05, 0.1) is 6.10 Å². The molecule has 17 heavy (non-hydrogen) atoms. The average molecular weight is 238 g/mol. The highest BCUT2D eigenvalue weighted by Crippen LogP contribution is 2.38. The van der Waals surface area contributed by atoms with E-state index in [2.05, 4.69) is 6.92 Å². The van der Waals surface area contributed by atoms with Crippen molar-refractivity contribution in [3.05, 3.63) is 0 Å². The van der Waals surface area contributed by atoms with Gasteiger partial charge in [0.2, 0.25) is 0 Å². The number of hydrogen-bond acceptors (Lipinski definition) is 2. The van der Waals surface area contributed by atoms with Crippen LogP contribution in [0.3, 0.4) is 0 Å². The third kappa shape index (κ3) is 2.90. The number of rotatable bonds is 3. The lowest BCUT2D eigenvalue weighted by Gasteiger charge is -2.38. The van der Waals surface area contributed by atoms with Gasteiger partial charge < -0.3 is 5.11 Å². The largest absolute Gasteiger partial charge is 0.392 e. The monoisotopic (exact) mass is 238 g/mol. The number of ketones is 1. The molecule has 2 fully saturated rings. The zero-order valence-corrected chi connectivity index (χ0v) is 11.0. The lowest BCUT2D eigenvalue weighted by Crippen LogP contribution is -2.42. The molecule has 1 N–H and O–H groups in total. The van der Waals surface area contributed by atoms with Crippen LogP contribution in [0, 0.1) is 17.8 Å². The van der Waals surface area contributed by atoms with Gasteiger partial charge in [-0.05, 0) is 37.5 Å². The van der Waals surface area contributed by atoms with Crippen molar-refractivity contribution >= 4 is 5.78 Å². The van der Waals surface area contributed by atoms with E-state index in [0.717, 1.165) is 32.1 Å². The zero-order chi connectivity index (χ0) is 12.3. The summed E-state index contributed by atoms with van der Waals surface area (Å²) in [6, 6.07) is 0. The summed E-state index contributed by atoms with van der Waals surface area (Å²) in [6.45, 7) is 2.16. The standard InChI is InChI=1S/C15H26O2/c1-2-11-9-6-10-13(16)14(11)15(17)12-7-4-3-5-8-12/h11-12,14-15,17H,2-10H2,1H3/t11-,14+,15-/m1/s1. The Hall–Kier alpha value is -0.370. The third-order valence-electron chi connectivity index (χ3n) is 4.90. The van der Waals surface area contributed by atoms with Crippen LogP contribution < -0.4 is 0 Å². The SMILES string of the molecule is CC[C@@H]1CCCC(=O)[C@H]1[C@H](O)C1CCCCC1. The van der Waals surface area contributed by atoms with E-state index in [-0.39, 0.29) is 12.0 Å². The van der Waals surface area contributed by atoms with Crippen LogP contribution in [0.2, 0.25) is 0 Å². The van der Waals surface area contributed by atoms with Crippen LogP contribution in [-0.2, 0) is 4.79 Å². The van der Waals surface area contributed by atoms with Crippen molar-refractivity contribution in [2.45, 2.75) is 70.8 Å². The predicted octanol–water partition coefficient (Wildman–Crippen LogP) is 3.32. The molecule has 0 radical (unpaired) electrons. The van der Waals surface area contributed by atoms with E-state index in [1.807, 2.05) is 0 Å². The van der Waals surface area contributed by atoms with E-state index in [4.69, 9.17) is 0 Å².